The predicted molar refractivity (Wildman–Crippen MR) is 55.5 cm³/mol. The maximum absolute atomic E-state index is 13.2. The van der Waals surface area contributed by atoms with E-state index >= 15 is 0 Å². The highest BCUT2D eigenvalue weighted by molar-refractivity contribution is 7.71. The highest BCUT2D eigenvalue weighted by Gasteiger charge is 2.08. The van der Waals surface area contributed by atoms with Gasteiger partial charge in [-0.05, 0) is 31.5 Å². The quantitative estimate of drug-likeness (QED) is 0.532. The fourth-order valence-corrected chi connectivity index (χ4v) is 1.48. The summed E-state index contributed by atoms with van der Waals surface area (Å²) in [6.45, 7) is 3.61. The molecular formula is C10H9FN2S. The van der Waals surface area contributed by atoms with Crippen LogP contribution in [0.1, 0.15) is 11.1 Å². The fraction of sp³-hybridized carbons (Fsp3) is 0.200. The van der Waals surface area contributed by atoms with Crippen LogP contribution in [0, 0.1) is 24.4 Å². The summed E-state index contributed by atoms with van der Waals surface area (Å²) in [5.41, 5.74) is 2.40. The number of hydrogen-bond donors (Lipinski definition) is 1. The maximum atomic E-state index is 13.2. The molecule has 0 saturated carbocycles. The molecule has 0 atom stereocenters. The molecule has 1 N–H and O–H groups in total. The Bertz CT molecular complexity index is 518. The molecule has 2 aliphatic heterocycles. The number of H-pyrrole nitrogens is 1. The average Bonchev–Trinajstić information content (AvgIpc) is 2.11. The maximum Gasteiger partial charge on any atom is 0.195 e. The summed E-state index contributed by atoms with van der Waals surface area (Å²) >= 11 is 5.00. The molecule has 0 amide bonds. The summed E-state index contributed by atoms with van der Waals surface area (Å²) in [6, 6.07) is 3.67. The van der Waals surface area contributed by atoms with Gasteiger partial charge in [0.25, 0.3) is 0 Å². The summed E-state index contributed by atoms with van der Waals surface area (Å²) in [5.74, 6) is 0.145. The minimum absolute atomic E-state index is 0.358. The van der Waals surface area contributed by atoms with E-state index in [0.29, 0.717) is 16.0 Å². The first-order valence-electron chi connectivity index (χ1n) is 4.25. The van der Waals surface area contributed by atoms with Crippen LogP contribution >= 0.6 is 12.2 Å². The number of aromatic nitrogens is 2. The highest BCUT2D eigenvalue weighted by atomic mass is 32.1. The SMILES string of the molecule is Cc1cc2cc(C)c(=S)nc-2[nH]c1F. The number of nitrogens with one attached hydrogen (secondary N) is 1. The molecule has 0 aromatic heterocycles. The zero-order chi connectivity index (χ0) is 10.3. The van der Waals surface area contributed by atoms with Crippen LogP contribution < -0.4 is 0 Å². The van der Waals surface area contributed by atoms with E-state index in [2.05, 4.69) is 9.97 Å². The van der Waals surface area contributed by atoms with Crippen LogP contribution in [0.4, 0.5) is 4.39 Å². The van der Waals surface area contributed by atoms with E-state index in [1.165, 1.54) is 0 Å². The molecule has 0 bridgehead atoms. The number of aromatic amines is 1. The van der Waals surface area contributed by atoms with E-state index in [9.17, 15) is 4.39 Å². The van der Waals surface area contributed by atoms with Crippen LogP contribution in [-0.4, -0.2) is 9.97 Å². The highest BCUT2D eigenvalue weighted by Crippen LogP contribution is 2.21. The van der Waals surface area contributed by atoms with Crippen LogP contribution in [-0.2, 0) is 0 Å². The number of aryl methyl sites for hydroxylation is 2. The lowest BCUT2D eigenvalue weighted by Gasteiger charge is -2.07. The van der Waals surface area contributed by atoms with Crippen molar-refractivity contribution in [2.24, 2.45) is 0 Å². The van der Waals surface area contributed by atoms with Crippen molar-refractivity contribution in [3.63, 3.8) is 0 Å². The van der Waals surface area contributed by atoms with Crippen molar-refractivity contribution in [1.29, 1.82) is 0 Å². The first kappa shape index (κ1) is 9.27. The second-order valence-electron chi connectivity index (χ2n) is 3.31. The lowest BCUT2D eigenvalue weighted by atomic mass is 10.1. The topological polar surface area (TPSA) is 28.7 Å². The largest absolute Gasteiger partial charge is 0.316 e. The molecule has 2 nitrogen and oxygen atoms in total. The van der Waals surface area contributed by atoms with E-state index in [4.69, 9.17) is 12.2 Å². The van der Waals surface area contributed by atoms with Crippen molar-refractivity contribution >= 4 is 12.2 Å². The second kappa shape index (κ2) is 3.13. The molecule has 0 aromatic carbocycles. The molecule has 2 heterocycles. The molecule has 0 radical (unpaired) electrons. The van der Waals surface area contributed by atoms with Gasteiger partial charge >= 0.3 is 0 Å². The lowest BCUT2D eigenvalue weighted by molar-refractivity contribution is 0.574. The van der Waals surface area contributed by atoms with Crippen molar-refractivity contribution < 1.29 is 4.39 Å². The van der Waals surface area contributed by atoms with E-state index in [1.54, 1.807) is 13.0 Å². The summed E-state index contributed by atoms with van der Waals surface area (Å²) < 4.78 is 13.7. The van der Waals surface area contributed by atoms with Gasteiger partial charge in [0.2, 0.25) is 0 Å². The third kappa shape index (κ3) is 1.42. The van der Waals surface area contributed by atoms with Gasteiger partial charge in [0.1, 0.15) is 10.5 Å². The average molecular weight is 208 g/mol. The molecule has 0 spiro atoms. The number of fused-ring (bicyclic) bond motifs is 1. The molecule has 0 aromatic rings. The van der Waals surface area contributed by atoms with Crippen LogP contribution in [0.5, 0.6) is 0 Å². The Labute approximate surface area is 86.2 Å². The van der Waals surface area contributed by atoms with Gasteiger partial charge in [-0.2, -0.15) is 4.39 Å². The summed E-state index contributed by atoms with van der Waals surface area (Å²) in [5, 5.41) is 0. The Hall–Kier alpha value is -1.29. The van der Waals surface area contributed by atoms with Crippen LogP contribution in [0.2, 0.25) is 0 Å². The van der Waals surface area contributed by atoms with E-state index < -0.39 is 0 Å². The second-order valence-corrected chi connectivity index (χ2v) is 3.70. The zero-order valence-electron chi connectivity index (χ0n) is 7.89. The predicted octanol–water partition coefficient (Wildman–Crippen LogP) is 3.00. The Morgan fingerprint density at radius 1 is 1.29 bits per heavy atom. The molecule has 0 saturated heterocycles. The molecule has 0 aliphatic carbocycles. The van der Waals surface area contributed by atoms with Gasteiger partial charge < -0.3 is 4.98 Å². The summed E-state index contributed by atoms with van der Waals surface area (Å²) in [6.07, 6.45) is 0. The molecule has 4 heteroatoms. The lowest BCUT2D eigenvalue weighted by Crippen LogP contribution is -1.98. The first-order valence-corrected chi connectivity index (χ1v) is 4.65. The molecule has 0 fully saturated rings. The number of nitrogens with zero attached hydrogens (tertiary/aromatic N) is 1. The number of halogens is 1. The Kier molecular flexibility index (Phi) is 2.07. The van der Waals surface area contributed by atoms with Crippen molar-refractivity contribution in [1.82, 2.24) is 9.97 Å². The van der Waals surface area contributed by atoms with Crippen LogP contribution in [0.25, 0.3) is 11.4 Å². The minimum Gasteiger partial charge on any atom is -0.316 e. The van der Waals surface area contributed by atoms with Gasteiger partial charge in [-0.1, -0.05) is 12.2 Å². The van der Waals surface area contributed by atoms with E-state index in [0.717, 1.165) is 11.1 Å². The third-order valence-electron chi connectivity index (χ3n) is 2.14. The minimum atomic E-state index is -0.358. The number of rotatable bonds is 0. The smallest absolute Gasteiger partial charge is 0.195 e. The monoisotopic (exact) mass is 208 g/mol. The third-order valence-corrected chi connectivity index (χ3v) is 2.56. The molecule has 2 aliphatic rings. The van der Waals surface area contributed by atoms with Crippen molar-refractivity contribution in [2.75, 3.05) is 0 Å². The summed E-state index contributed by atoms with van der Waals surface area (Å²) in [4.78, 5) is 6.68. The number of pyridine rings is 2. The Morgan fingerprint density at radius 3 is 2.64 bits per heavy atom. The van der Waals surface area contributed by atoms with Crippen molar-refractivity contribution in [3.8, 4) is 11.4 Å². The van der Waals surface area contributed by atoms with Gasteiger partial charge in [-0.25, -0.2) is 4.98 Å². The Morgan fingerprint density at radius 2 is 1.93 bits per heavy atom. The molecule has 2 rings (SSSR count). The zero-order valence-corrected chi connectivity index (χ0v) is 8.70. The van der Waals surface area contributed by atoms with Gasteiger partial charge in [-0.15, -0.1) is 0 Å². The van der Waals surface area contributed by atoms with Gasteiger partial charge in [0, 0.05) is 11.1 Å². The molecule has 72 valence electrons. The summed E-state index contributed by atoms with van der Waals surface area (Å²) in [7, 11) is 0. The van der Waals surface area contributed by atoms with Crippen molar-refractivity contribution in [2.45, 2.75) is 13.8 Å². The fourth-order valence-electron chi connectivity index (χ4n) is 1.33. The normalized spacial score (nSPS) is 10.8. The molecule has 0 unspecified atom stereocenters. The first-order chi connectivity index (χ1) is 6.58. The molecular weight excluding hydrogens is 199 g/mol. The Balaban J connectivity index is 2.85. The van der Waals surface area contributed by atoms with Crippen molar-refractivity contribution in [3.05, 3.63) is 33.8 Å². The number of hydrogen-bond acceptors (Lipinski definition) is 2. The standard InChI is InChI=1S/C10H9FN2S/c1-5-3-7-4-6(2)10(14)13-9(7)12-8(5)11/h3-4H,1-2H3,(H,12,13,14). The van der Waals surface area contributed by atoms with E-state index in [-0.39, 0.29) is 5.95 Å². The van der Waals surface area contributed by atoms with Gasteiger partial charge in [0.15, 0.2) is 5.95 Å². The van der Waals surface area contributed by atoms with Crippen LogP contribution in [0.15, 0.2) is 12.1 Å². The van der Waals surface area contributed by atoms with Gasteiger partial charge in [0.05, 0.1) is 0 Å². The van der Waals surface area contributed by atoms with Gasteiger partial charge in [-0.3, -0.25) is 0 Å². The van der Waals surface area contributed by atoms with Crippen LogP contribution in [0.3, 0.4) is 0 Å². The van der Waals surface area contributed by atoms with E-state index in [1.807, 2.05) is 13.0 Å². The molecule has 14 heavy (non-hydrogen) atoms.